The summed E-state index contributed by atoms with van der Waals surface area (Å²) in [4.78, 5) is 14.4. The molecule has 5 nitrogen and oxygen atoms in total. The number of amides is 1. The number of carbonyl (C=O) groups excluding carboxylic acids is 1. The number of likely N-dealkylation sites (tertiary alicyclic amines) is 1. The van der Waals surface area contributed by atoms with Crippen molar-refractivity contribution in [3.63, 3.8) is 0 Å². The number of fused-ring (bicyclic) bond motifs is 1. The predicted molar refractivity (Wildman–Crippen MR) is 87.2 cm³/mol. The third-order valence-corrected chi connectivity index (χ3v) is 5.34. The van der Waals surface area contributed by atoms with Crippen LogP contribution < -0.4 is 5.73 Å². The van der Waals surface area contributed by atoms with Crippen LogP contribution in [0.3, 0.4) is 0 Å². The molecule has 6 heteroatoms. The van der Waals surface area contributed by atoms with Crippen LogP contribution in [0.4, 0.5) is 0 Å². The molecule has 124 valence electrons. The normalized spacial score (nSPS) is 27.1. The fourth-order valence-corrected chi connectivity index (χ4v) is 3.92. The minimum Gasteiger partial charge on any atom is -0.351 e. The van der Waals surface area contributed by atoms with Crippen molar-refractivity contribution in [1.29, 1.82) is 0 Å². The second-order valence-electron chi connectivity index (χ2n) is 6.50. The average molecular weight is 328 g/mol. The summed E-state index contributed by atoms with van der Waals surface area (Å²) in [6.45, 7) is 5.85. The van der Waals surface area contributed by atoms with Gasteiger partial charge in [-0.3, -0.25) is 4.79 Å². The van der Waals surface area contributed by atoms with Gasteiger partial charge in [0, 0.05) is 31.1 Å². The van der Waals surface area contributed by atoms with Gasteiger partial charge in [0.1, 0.15) is 0 Å². The Morgan fingerprint density at radius 2 is 2.14 bits per heavy atom. The number of nitrogens with zero attached hydrogens (tertiary/aromatic N) is 2. The first-order valence-electron chi connectivity index (χ1n) is 8.15. The van der Waals surface area contributed by atoms with Crippen molar-refractivity contribution in [1.82, 2.24) is 10.1 Å². The molecular weight excluding hydrogens is 302 g/mol. The van der Waals surface area contributed by atoms with Crippen LogP contribution in [0.1, 0.15) is 61.7 Å². The molecule has 1 aromatic heterocycles. The molecule has 3 unspecified atom stereocenters. The van der Waals surface area contributed by atoms with Gasteiger partial charge in [-0.1, -0.05) is 19.0 Å². The SMILES string of the molecule is CCC(CC)c1cc(C(=O)N2CC3CCC(N)C3C2)on1.Cl. The molecule has 2 N–H and O–H groups in total. The smallest absolute Gasteiger partial charge is 0.292 e. The minimum absolute atomic E-state index is 0. The van der Waals surface area contributed by atoms with Crippen LogP contribution in [0.25, 0.3) is 0 Å². The van der Waals surface area contributed by atoms with Crippen molar-refractivity contribution >= 4 is 18.3 Å². The second-order valence-corrected chi connectivity index (χ2v) is 6.50. The van der Waals surface area contributed by atoms with E-state index in [0.717, 1.165) is 44.5 Å². The predicted octanol–water partition coefficient (Wildman–Crippen LogP) is 2.81. The largest absolute Gasteiger partial charge is 0.351 e. The Morgan fingerprint density at radius 1 is 1.41 bits per heavy atom. The van der Waals surface area contributed by atoms with E-state index in [9.17, 15) is 4.79 Å². The lowest BCUT2D eigenvalue weighted by Crippen LogP contribution is -2.33. The maximum Gasteiger partial charge on any atom is 0.292 e. The van der Waals surface area contributed by atoms with Gasteiger partial charge in [-0.05, 0) is 37.5 Å². The van der Waals surface area contributed by atoms with E-state index >= 15 is 0 Å². The van der Waals surface area contributed by atoms with Crippen molar-refractivity contribution in [2.24, 2.45) is 17.6 Å². The molecule has 22 heavy (non-hydrogen) atoms. The number of aromatic nitrogens is 1. The van der Waals surface area contributed by atoms with Gasteiger partial charge in [0.15, 0.2) is 0 Å². The first kappa shape index (κ1) is 17.3. The van der Waals surface area contributed by atoms with Crippen LogP contribution in [0.15, 0.2) is 10.6 Å². The standard InChI is InChI=1S/C16H25N3O2.ClH/c1-3-10(4-2)14-7-15(21-18-14)16(20)19-8-11-5-6-13(17)12(11)9-19;/h7,10-13H,3-6,8-9,17H2,1-2H3;1H. The van der Waals surface area contributed by atoms with E-state index in [2.05, 4.69) is 19.0 Å². The first-order chi connectivity index (χ1) is 10.1. The summed E-state index contributed by atoms with van der Waals surface area (Å²) in [6, 6.07) is 2.08. The van der Waals surface area contributed by atoms with E-state index in [-0.39, 0.29) is 24.4 Å². The molecule has 2 heterocycles. The van der Waals surface area contributed by atoms with Crippen LogP contribution in [0.2, 0.25) is 0 Å². The van der Waals surface area contributed by atoms with Crippen molar-refractivity contribution in [3.05, 3.63) is 17.5 Å². The first-order valence-corrected chi connectivity index (χ1v) is 8.15. The lowest BCUT2D eigenvalue weighted by atomic mass is 9.98. The number of rotatable bonds is 4. The highest BCUT2D eigenvalue weighted by Crippen LogP contribution is 2.37. The van der Waals surface area contributed by atoms with Gasteiger partial charge < -0.3 is 15.2 Å². The molecule has 1 aromatic rings. The molecular formula is C16H26ClN3O2. The topological polar surface area (TPSA) is 72.4 Å². The average Bonchev–Trinajstić information content (AvgIpc) is 3.18. The van der Waals surface area contributed by atoms with Gasteiger partial charge in [0.2, 0.25) is 5.76 Å². The Labute approximate surface area is 138 Å². The molecule has 0 aromatic carbocycles. The number of halogens is 1. The van der Waals surface area contributed by atoms with Crippen LogP contribution in [0.5, 0.6) is 0 Å². The zero-order valence-electron chi connectivity index (χ0n) is 13.3. The van der Waals surface area contributed by atoms with Crippen LogP contribution in [-0.4, -0.2) is 35.1 Å². The van der Waals surface area contributed by atoms with Crippen molar-refractivity contribution < 1.29 is 9.32 Å². The van der Waals surface area contributed by atoms with Gasteiger partial charge in [-0.2, -0.15) is 0 Å². The summed E-state index contributed by atoms with van der Waals surface area (Å²) in [6.07, 6.45) is 4.27. The Bertz CT molecular complexity index is 515. The molecule has 0 radical (unpaired) electrons. The molecule has 1 aliphatic heterocycles. The lowest BCUT2D eigenvalue weighted by molar-refractivity contribution is 0.0738. The van der Waals surface area contributed by atoms with E-state index < -0.39 is 0 Å². The fraction of sp³-hybridized carbons (Fsp3) is 0.750. The highest BCUT2D eigenvalue weighted by atomic mass is 35.5. The number of hydrogen-bond acceptors (Lipinski definition) is 4. The van der Waals surface area contributed by atoms with Gasteiger partial charge in [-0.25, -0.2) is 0 Å². The summed E-state index contributed by atoms with van der Waals surface area (Å²) in [5, 5.41) is 4.09. The summed E-state index contributed by atoms with van der Waals surface area (Å²) < 4.78 is 5.30. The third-order valence-electron chi connectivity index (χ3n) is 5.34. The Hall–Kier alpha value is -1.07. The summed E-state index contributed by atoms with van der Waals surface area (Å²) >= 11 is 0. The molecule has 0 spiro atoms. The Morgan fingerprint density at radius 3 is 2.77 bits per heavy atom. The number of carbonyl (C=O) groups is 1. The molecule has 1 saturated carbocycles. The molecule has 0 bridgehead atoms. The Balaban J connectivity index is 0.00000176. The van der Waals surface area contributed by atoms with Gasteiger partial charge in [0.25, 0.3) is 5.91 Å². The Kier molecular flexibility index (Phi) is 5.50. The van der Waals surface area contributed by atoms with Crippen molar-refractivity contribution in [2.45, 2.75) is 51.5 Å². The van der Waals surface area contributed by atoms with E-state index in [1.165, 1.54) is 0 Å². The molecule has 1 saturated heterocycles. The highest BCUT2D eigenvalue weighted by molar-refractivity contribution is 5.91. The molecule has 1 aliphatic carbocycles. The zero-order valence-corrected chi connectivity index (χ0v) is 14.1. The summed E-state index contributed by atoms with van der Waals surface area (Å²) in [5.74, 6) is 1.77. The number of nitrogens with two attached hydrogens (primary N) is 1. The minimum atomic E-state index is -0.0266. The lowest BCUT2D eigenvalue weighted by Gasteiger charge is -2.17. The molecule has 3 rings (SSSR count). The highest BCUT2D eigenvalue weighted by Gasteiger charge is 2.43. The van der Waals surface area contributed by atoms with E-state index in [4.69, 9.17) is 10.3 Å². The van der Waals surface area contributed by atoms with Gasteiger partial charge >= 0.3 is 0 Å². The maximum atomic E-state index is 12.5. The molecule has 1 amide bonds. The molecule has 2 fully saturated rings. The maximum absolute atomic E-state index is 12.5. The zero-order chi connectivity index (χ0) is 15.0. The van der Waals surface area contributed by atoms with Crippen LogP contribution in [-0.2, 0) is 0 Å². The summed E-state index contributed by atoms with van der Waals surface area (Å²) in [7, 11) is 0. The van der Waals surface area contributed by atoms with Crippen LogP contribution >= 0.6 is 12.4 Å². The van der Waals surface area contributed by atoms with Gasteiger partial charge in [-0.15, -0.1) is 12.4 Å². The van der Waals surface area contributed by atoms with E-state index in [1.807, 2.05) is 11.0 Å². The molecule has 3 atom stereocenters. The fourth-order valence-electron chi connectivity index (χ4n) is 3.92. The van der Waals surface area contributed by atoms with E-state index in [1.54, 1.807) is 0 Å². The number of hydrogen-bond donors (Lipinski definition) is 1. The summed E-state index contributed by atoms with van der Waals surface area (Å²) in [5.41, 5.74) is 7.03. The van der Waals surface area contributed by atoms with E-state index in [0.29, 0.717) is 23.5 Å². The monoisotopic (exact) mass is 327 g/mol. The van der Waals surface area contributed by atoms with Gasteiger partial charge in [0.05, 0.1) is 5.69 Å². The van der Waals surface area contributed by atoms with Crippen molar-refractivity contribution in [2.75, 3.05) is 13.1 Å². The van der Waals surface area contributed by atoms with Crippen molar-refractivity contribution in [3.8, 4) is 0 Å². The quantitative estimate of drug-likeness (QED) is 0.923. The van der Waals surface area contributed by atoms with Crippen LogP contribution in [0, 0.1) is 11.8 Å². The molecule has 2 aliphatic rings. The third kappa shape index (κ3) is 3.01. The second kappa shape index (κ2) is 7.01.